The second kappa shape index (κ2) is 8.64. The predicted octanol–water partition coefficient (Wildman–Crippen LogP) is 0.978. The summed E-state index contributed by atoms with van der Waals surface area (Å²) in [5.41, 5.74) is 2.74. The van der Waals surface area contributed by atoms with Crippen molar-refractivity contribution in [3.63, 3.8) is 0 Å². The van der Waals surface area contributed by atoms with Crippen LogP contribution in [-0.2, 0) is 21.6 Å². The fraction of sp³-hybridized carbons (Fsp3) is 0.435. The van der Waals surface area contributed by atoms with Gasteiger partial charge in [0.2, 0.25) is 0 Å². The molecule has 1 atom stereocenters. The van der Waals surface area contributed by atoms with Crippen LogP contribution in [0.1, 0.15) is 6.42 Å². The van der Waals surface area contributed by atoms with E-state index in [9.17, 15) is 13.2 Å². The SMILES string of the molecule is Cn1cnc2cc(-c3ccc(N4CCOCC4)cc3)nc(N[C@@]3(S(C)(=O)=O)CCNC3)c2c1=O. The van der Waals surface area contributed by atoms with Crippen LogP contribution in [0, 0.1) is 0 Å². The first-order valence-electron chi connectivity index (χ1n) is 11.3. The van der Waals surface area contributed by atoms with Gasteiger partial charge in [-0.1, -0.05) is 12.1 Å². The zero-order chi connectivity index (χ0) is 23.9. The first kappa shape index (κ1) is 22.8. The highest BCUT2D eigenvalue weighted by Gasteiger charge is 2.44. The number of aryl methyl sites for hydroxylation is 1. The van der Waals surface area contributed by atoms with Gasteiger partial charge < -0.3 is 24.8 Å². The number of fused-ring (bicyclic) bond motifs is 1. The van der Waals surface area contributed by atoms with Crippen LogP contribution in [0.4, 0.5) is 11.5 Å². The van der Waals surface area contributed by atoms with E-state index < -0.39 is 14.7 Å². The smallest absolute Gasteiger partial charge is 0.264 e. The van der Waals surface area contributed by atoms with Crippen LogP contribution in [-0.4, -0.2) is 73.5 Å². The van der Waals surface area contributed by atoms with Gasteiger partial charge in [-0.15, -0.1) is 0 Å². The Kier molecular flexibility index (Phi) is 5.78. The molecule has 2 aliphatic rings. The van der Waals surface area contributed by atoms with Gasteiger partial charge in [-0.3, -0.25) is 4.79 Å². The molecule has 0 unspecified atom stereocenters. The van der Waals surface area contributed by atoms with Gasteiger partial charge in [0.15, 0.2) is 14.7 Å². The van der Waals surface area contributed by atoms with E-state index in [2.05, 4.69) is 20.5 Å². The van der Waals surface area contributed by atoms with Crippen molar-refractivity contribution in [2.75, 3.05) is 55.9 Å². The van der Waals surface area contributed by atoms with Crippen molar-refractivity contribution in [2.45, 2.75) is 11.3 Å². The third-order valence-corrected chi connectivity index (χ3v) is 8.48. The molecule has 0 radical (unpaired) electrons. The first-order chi connectivity index (χ1) is 16.3. The number of pyridine rings is 1. The molecular weight excluding hydrogens is 456 g/mol. The predicted molar refractivity (Wildman–Crippen MR) is 132 cm³/mol. The van der Waals surface area contributed by atoms with Gasteiger partial charge in [-0.05, 0) is 31.2 Å². The molecule has 1 aromatic carbocycles. The Balaban J connectivity index is 1.60. The maximum atomic E-state index is 13.0. The second-order valence-electron chi connectivity index (χ2n) is 8.88. The molecule has 2 N–H and O–H groups in total. The monoisotopic (exact) mass is 484 g/mol. The van der Waals surface area contributed by atoms with Crippen LogP contribution in [0.25, 0.3) is 22.2 Å². The van der Waals surface area contributed by atoms with Crippen molar-refractivity contribution < 1.29 is 13.2 Å². The number of benzene rings is 1. The summed E-state index contributed by atoms with van der Waals surface area (Å²) in [5, 5.41) is 6.53. The van der Waals surface area contributed by atoms with E-state index in [1.54, 1.807) is 13.1 Å². The van der Waals surface area contributed by atoms with Crippen molar-refractivity contribution in [3.05, 3.63) is 47.0 Å². The summed E-state index contributed by atoms with van der Waals surface area (Å²) < 4.78 is 32.3. The quantitative estimate of drug-likeness (QED) is 0.546. The number of hydrogen-bond donors (Lipinski definition) is 2. The molecule has 4 heterocycles. The normalized spacial score (nSPS) is 21.2. The Labute approximate surface area is 197 Å². The van der Waals surface area contributed by atoms with Gasteiger partial charge in [0, 0.05) is 44.2 Å². The van der Waals surface area contributed by atoms with Crippen molar-refractivity contribution in [1.82, 2.24) is 19.9 Å². The molecular formula is C23H28N6O4S. The highest BCUT2D eigenvalue weighted by molar-refractivity contribution is 7.92. The molecule has 0 saturated carbocycles. The minimum absolute atomic E-state index is 0.229. The molecule has 11 heteroatoms. The number of nitrogens with one attached hydrogen (secondary N) is 2. The molecule has 2 fully saturated rings. The largest absolute Gasteiger partial charge is 0.378 e. The number of ether oxygens (including phenoxy) is 1. The number of anilines is 2. The molecule has 0 bridgehead atoms. The number of nitrogens with zero attached hydrogens (tertiary/aromatic N) is 4. The minimum atomic E-state index is -3.51. The zero-order valence-corrected chi connectivity index (χ0v) is 20.1. The lowest BCUT2D eigenvalue weighted by molar-refractivity contribution is 0.122. The Morgan fingerprint density at radius 2 is 1.91 bits per heavy atom. The van der Waals surface area contributed by atoms with Gasteiger partial charge in [0.05, 0.1) is 30.8 Å². The fourth-order valence-corrected chi connectivity index (χ4v) is 5.64. The summed E-state index contributed by atoms with van der Waals surface area (Å²) in [6.07, 6.45) is 3.04. The minimum Gasteiger partial charge on any atom is -0.378 e. The van der Waals surface area contributed by atoms with E-state index in [1.165, 1.54) is 17.2 Å². The lowest BCUT2D eigenvalue weighted by Crippen LogP contribution is -2.48. The van der Waals surface area contributed by atoms with Crippen LogP contribution in [0.15, 0.2) is 41.5 Å². The third-order valence-electron chi connectivity index (χ3n) is 6.61. The van der Waals surface area contributed by atoms with E-state index in [0.29, 0.717) is 37.4 Å². The molecule has 2 saturated heterocycles. The van der Waals surface area contributed by atoms with Crippen LogP contribution >= 0.6 is 0 Å². The highest BCUT2D eigenvalue weighted by atomic mass is 32.2. The number of morpholine rings is 1. The first-order valence-corrected chi connectivity index (χ1v) is 13.1. The van der Waals surface area contributed by atoms with Crippen molar-refractivity contribution in [1.29, 1.82) is 0 Å². The average molecular weight is 485 g/mol. The zero-order valence-electron chi connectivity index (χ0n) is 19.2. The van der Waals surface area contributed by atoms with Crippen LogP contribution in [0.2, 0.25) is 0 Å². The Morgan fingerprint density at radius 1 is 1.18 bits per heavy atom. The summed E-state index contributed by atoms with van der Waals surface area (Å²) in [5.74, 6) is 0.229. The molecule has 10 nitrogen and oxygen atoms in total. The fourth-order valence-electron chi connectivity index (χ4n) is 4.53. The van der Waals surface area contributed by atoms with Gasteiger partial charge >= 0.3 is 0 Å². The summed E-state index contributed by atoms with van der Waals surface area (Å²) >= 11 is 0. The molecule has 34 heavy (non-hydrogen) atoms. The van der Waals surface area contributed by atoms with Crippen LogP contribution in [0.3, 0.4) is 0 Å². The van der Waals surface area contributed by atoms with Gasteiger partial charge in [0.1, 0.15) is 11.2 Å². The third kappa shape index (κ3) is 4.04. The van der Waals surface area contributed by atoms with Crippen LogP contribution in [0.5, 0.6) is 0 Å². The molecule has 2 aromatic heterocycles. The highest BCUT2D eigenvalue weighted by Crippen LogP contribution is 2.31. The Bertz CT molecular complexity index is 1380. The lowest BCUT2D eigenvalue weighted by atomic mass is 10.1. The standard InChI is InChI=1S/C23H28N6O4S/c1-28-15-25-19-13-18(16-3-5-17(6-4-16)29-9-11-33-12-10-29)26-21(20(19)22(28)30)27-23(34(2,31)32)7-8-24-14-23/h3-6,13,15,24H,7-12,14H2,1-2H3,(H,26,27)/t23-/m1/s1. The summed E-state index contributed by atoms with van der Waals surface area (Å²) in [6, 6.07) is 9.80. The molecule has 5 rings (SSSR count). The van der Waals surface area contributed by atoms with Gasteiger partial charge in [-0.25, -0.2) is 18.4 Å². The number of rotatable bonds is 5. The van der Waals surface area contributed by atoms with Crippen molar-refractivity contribution in [2.24, 2.45) is 7.05 Å². The maximum absolute atomic E-state index is 13.0. The van der Waals surface area contributed by atoms with Crippen molar-refractivity contribution >= 4 is 32.2 Å². The maximum Gasteiger partial charge on any atom is 0.264 e. The van der Waals surface area contributed by atoms with Crippen LogP contribution < -0.4 is 21.1 Å². The molecule has 180 valence electrons. The van der Waals surface area contributed by atoms with Crippen molar-refractivity contribution in [3.8, 4) is 11.3 Å². The van der Waals surface area contributed by atoms with Gasteiger partial charge in [-0.2, -0.15) is 0 Å². The van der Waals surface area contributed by atoms with Gasteiger partial charge in [0.25, 0.3) is 5.56 Å². The molecule has 0 aliphatic carbocycles. The van der Waals surface area contributed by atoms with E-state index in [-0.39, 0.29) is 23.3 Å². The Hall–Kier alpha value is -3.02. The van der Waals surface area contributed by atoms with E-state index in [0.717, 1.165) is 24.3 Å². The summed E-state index contributed by atoms with van der Waals surface area (Å²) in [6.45, 7) is 3.89. The molecule has 0 amide bonds. The number of sulfone groups is 1. The number of aromatic nitrogens is 3. The van der Waals surface area contributed by atoms with E-state index >= 15 is 0 Å². The molecule has 3 aromatic rings. The van der Waals surface area contributed by atoms with E-state index in [4.69, 9.17) is 9.72 Å². The average Bonchev–Trinajstić information content (AvgIpc) is 3.32. The molecule has 0 spiro atoms. The summed E-state index contributed by atoms with van der Waals surface area (Å²) in [7, 11) is -1.90. The lowest BCUT2D eigenvalue weighted by Gasteiger charge is -2.29. The molecule has 2 aliphatic heterocycles. The van der Waals surface area contributed by atoms with E-state index in [1.807, 2.05) is 24.3 Å². The number of hydrogen-bond acceptors (Lipinski definition) is 9. The Morgan fingerprint density at radius 3 is 2.56 bits per heavy atom. The topological polar surface area (TPSA) is 118 Å². The second-order valence-corrected chi connectivity index (χ2v) is 11.2. The summed E-state index contributed by atoms with van der Waals surface area (Å²) in [4.78, 5) is 23.2.